The van der Waals surface area contributed by atoms with E-state index in [1.165, 1.54) is 0 Å². The summed E-state index contributed by atoms with van der Waals surface area (Å²) in [5.41, 5.74) is 0. The molecule has 4 nitrogen and oxygen atoms in total. The number of hydrogen-bond donors (Lipinski definition) is 1. The molecule has 6 heteroatoms. The van der Waals surface area contributed by atoms with Crippen LogP contribution in [0.4, 0.5) is 0 Å². The summed E-state index contributed by atoms with van der Waals surface area (Å²) in [5.74, 6) is 0. The molecule has 0 amide bonds. The molecule has 0 heterocycles. The predicted octanol–water partition coefficient (Wildman–Crippen LogP) is -2.54. The van der Waals surface area contributed by atoms with Crippen molar-refractivity contribution in [3.63, 3.8) is 0 Å². The van der Waals surface area contributed by atoms with Gasteiger partial charge >= 0.3 is 64.5 Å². The minimum absolute atomic E-state index is 0. The summed E-state index contributed by atoms with van der Waals surface area (Å²) < 4.78 is 24.4. The minimum atomic E-state index is -3.69. The van der Waals surface area contributed by atoms with Crippen molar-refractivity contribution in [3.05, 3.63) is 0 Å². The Kier molecular flexibility index (Phi) is 25.1. The molecule has 0 spiro atoms. The van der Waals surface area contributed by atoms with Crippen molar-refractivity contribution in [1.29, 1.82) is 0 Å². The van der Waals surface area contributed by atoms with Gasteiger partial charge in [0.25, 0.3) is 0 Å². The molecule has 0 aromatic rings. The van der Waals surface area contributed by atoms with Crippen molar-refractivity contribution in [2.45, 2.75) is 0 Å². The van der Waals surface area contributed by atoms with Crippen LogP contribution in [0.3, 0.4) is 0 Å². The summed E-state index contributed by atoms with van der Waals surface area (Å²) in [6, 6.07) is 0. The zero-order valence-corrected chi connectivity index (χ0v) is 3.61. The van der Waals surface area contributed by atoms with Gasteiger partial charge in [0, 0.05) is 0 Å². The molecule has 0 aliphatic carbocycles. The van der Waals surface area contributed by atoms with Gasteiger partial charge in [-0.2, -0.15) is 0 Å². The molecule has 0 aromatic carbocycles. The van der Waals surface area contributed by atoms with Crippen LogP contribution in [0, 0.1) is 0 Å². The molecule has 3 N–H and O–H groups in total. The molecule has 0 bridgehead atoms. The molecule has 0 aromatic heterocycles. The average Bonchev–Trinajstić information content (AvgIpc) is 0.811. The van der Waals surface area contributed by atoms with Crippen LogP contribution >= 0.6 is 0 Å². The van der Waals surface area contributed by atoms with Gasteiger partial charge in [0.05, 0.1) is 0 Å². The van der Waals surface area contributed by atoms with Crippen LogP contribution in [0.1, 0.15) is 0 Å². The quantitative estimate of drug-likeness (QED) is 0.396. The summed E-state index contributed by atoms with van der Waals surface area (Å²) in [5, 5.41) is 0. The third-order valence-electron chi connectivity index (χ3n) is 0. The van der Waals surface area contributed by atoms with Crippen LogP contribution in [-0.2, 0) is 22.7 Å². The maximum atomic E-state index is 8.67. The first kappa shape index (κ1) is 15.7. The Labute approximate surface area is 69.2 Å². The standard InChI is InChI=1S/Ca.2H2O.2O.V.2H/h;2*1H2;;;;;/q;;;;;+1;;/p-1. The van der Waals surface area contributed by atoms with E-state index in [4.69, 9.17) is 11.4 Å². The second kappa shape index (κ2) is 9.61. The van der Waals surface area contributed by atoms with Crippen molar-refractivity contribution in [1.82, 2.24) is 0 Å². The molecular formula is H5CaO4V. The van der Waals surface area contributed by atoms with Gasteiger partial charge in [0.15, 0.2) is 0 Å². The SMILES string of the molecule is O.[CaH2].[O]=[V](=[O])[OH]. The Hall–Kier alpha value is 1.36. The van der Waals surface area contributed by atoms with Crippen LogP contribution in [0.25, 0.3) is 0 Å². The van der Waals surface area contributed by atoms with Crippen LogP contribution < -0.4 is 0 Å². The molecule has 6 heavy (non-hydrogen) atoms. The van der Waals surface area contributed by atoms with Gasteiger partial charge in [-0.05, 0) is 0 Å². The molecule has 0 rings (SSSR count). The molecule has 36 valence electrons. The molecule has 0 unspecified atom stereocenters. The molecule has 0 aliphatic heterocycles. The normalized spacial score (nSPS) is 4.17. The summed E-state index contributed by atoms with van der Waals surface area (Å²) in [6.07, 6.45) is 0. The first-order valence-corrected chi connectivity index (χ1v) is 2.33. The number of hydrogen-bond acceptors (Lipinski definition) is 2. The summed E-state index contributed by atoms with van der Waals surface area (Å²) >= 11 is -3.69. The van der Waals surface area contributed by atoms with Crippen molar-refractivity contribution in [2.75, 3.05) is 0 Å². The molecular weight excluding hydrogens is 155 g/mol. The summed E-state index contributed by atoms with van der Waals surface area (Å²) in [4.78, 5) is 0. The van der Waals surface area contributed by atoms with E-state index < -0.39 is 15.4 Å². The Bertz CT molecular complexity index is 55.9. The van der Waals surface area contributed by atoms with Gasteiger partial charge in [0.2, 0.25) is 0 Å². The van der Waals surface area contributed by atoms with Crippen LogP contribution in [-0.4, -0.2) is 47.2 Å². The first-order chi connectivity index (χ1) is 1.73. The van der Waals surface area contributed by atoms with Gasteiger partial charge in [0.1, 0.15) is 0 Å². The fourth-order valence-electron chi connectivity index (χ4n) is 0. The van der Waals surface area contributed by atoms with Gasteiger partial charge in [-0.1, -0.05) is 0 Å². The van der Waals surface area contributed by atoms with Gasteiger partial charge in [-0.3, -0.25) is 0 Å². The van der Waals surface area contributed by atoms with E-state index in [0.29, 0.717) is 0 Å². The maximum absolute atomic E-state index is 8.67. The Balaban J connectivity index is -0.0000000450. The van der Waals surface area contributed by atoms with Crippen molar-refractivity contribution in [3.8, 4) is 0 Å². The Morgan fingerprint density at radius 3 is 1.33 bits per heavy atom. The topological polar surface area (TPSA) is 85.9 Å². The fourth-order valence-corrected chi connectivity index (χ4v) is 0. The van der Waals surface area contributed by atoms with Gasteiger partial charge in [-0.25, -0.2) is 0 Å². The summed E-state index contributed by atoms with van der Waals surface area (Å²) in [7, 11) is 0. The molecule has 0 saturated heterocycles. The third kappa shape index (κ3) is 54.9. The molecule has 0 fully saturated rings. The van der Waals surface area contributed by atoms with E-state index in [0.717, 1.165) is 0 Å². The van der Waals surface area contributed by atoms with Crippen LogP contribution in [0.5, 0.6) is 0 Å². The second-order valence-corrected chi connectivity index (χ2v) is 0.981. The van der Waals surface area contributed by atoms with Gasteiger partial charge in [-0.15, -0.1) is 0 Å². The molecule has 0 atom stereocenters. The Morgan fingerprint density at radius 2 is 1.33 bits per heavy atom. The first-order valence-electron chi connectivity index (χ1n) is 0.565. The molecule has 0 aliphatic rings. The van der Waals surface area contributed by atoms with E-state index in [9.17, 15) is 0 Å². The Morgan fingerprint density at radius 1 is 1.33 bits per heavy atom. The van der Waals surface area contributed by atoms with E-state index in [-0.39, 0.29) is 43.2 Å². The van der Waals surface area contributed by atoms with E-state index >= 15 is 0 Å². The van der Waals surface area contributed by atoms with Crippen molar-refractivity contribution in [2.24, 2.45) is 0 Å². The molecule has 0 saturated carbocycles. The van der Waals surface area contributed by atoms with Crippen molar-refractivity contribution >= 4 is 37.7 Å². The van der Waals surface area contributed by atoms with Crippen molar-refractivity contribution < 1.29 is 32.3 Å². The molecule has 0 radical (unpaired) electrons. The third-order valence-corrected chi connectivity index (χ3v) is 0. The monoisotopic (exact) mass is 160 g/mol. The fraction of sp³-hybridized carbons (Fsp3) is 0. The van der Waals surface area contributed by atoms with Gasteiger partial charge < -0.3 is 5.48 Å². The van der Waals surface area contributed by atoms with E-state index in [1.54, 1.807) is 0 Å². The average molecular weight is 160 g/mol. The second-order valence-electron chi connectivity index (χ2n) is 0.238. The van der Waals surface area contributed by atoms with E-state index in [1.807, 2.05) is 0 Å². The van der Waals surface area contributed by atoms with Crippen LogP contribution in [0.15, 0.2) is 0 Å². The van der Waals surface area contributed by atoms with E-state index in [2.05, 4.69) is 0 Å². The summed E-state index contributed by atoms with van der Waals surface area (Å²) in [6.45, 7) is 0. The predicted molar refractivity (Wildman–Crippen MR) is 15.7 cm³/mol. The van der Waals surface area contributed by atoms with Crippen LogP contribution in [0.2, 0.25) is 0 Å². The number of rotatable bonds is 0. The zero-order chi connectivity index (χ0) is 3.58. The zero-order valence-electron chi connectivity index (χ0n) is 2.21.